The summed E-state index contributed by atoms with van der Waals surface area (Å²) in [5.74, 6) is 0.471. The van der Waals surface area contributed by atoms with Crippen molar-refractivity contribution in [3.05, 3.63) is 59.9 Å². The number of ketones is 1. The van der Waals surface area contributed by atoms with Crippen LogP contribution in [0.1, 0.15) is 16.1 Å². The largest absolute Gasteiger partial charge is 0.502 e. The SMILES string of the molecule is COc1cc(C=CC(=O)c2cc3ccccc3o2)cc(OC)c1O. The molecule has 5 nitrogen and oxygen atoms in total. The zero-order valence-electron chi connectivity index (χ0n) is 13.3. The molecular weight excluding hydrogens is 308 g/mol. The molecule has 0 aliphatic rings. The molecule has 24 heavy (non-hydrogen) atoms. The van der Waals surface area contributed by atoms with Crippen LogP contribution in [-0.4, -0.2) is 25.1 Å². The molecule has 0 unspecified atom stereocenters. The number of ether oxygens (including phenoxy) is 2. The van der Waals surface area contributed by atoms with Crippen LogP contribution in [0.25, 0.3) is 17.0 Å². The first-order valence-electron chi connectivity index (χ1n) is 7.28. The zero-order valence-corrected chi connectivity index (χ0v) is 13.3. The summed E-state index contributed by atoms with van der Waals surface area (Å²) in [7, 11) is 2.89. The maximum Gasteiger partial charge on any atom is 0.221 e. The number of furan rings is 1. The Morgan fingerprint density at radius 1 is 1.08 bits per heavy atom. The van der Waals surface area contributed by atoms with Gasteiger partial charge >= 0.3 is 0 Å². The lowest BCUT2D eigenvalue weighted by molar-refractivity contribution is 0.102. The first-order chi connectivity index (χ1) is 11.6. The van der Waals surface area contributed by atoms with E-state index in [2.05, 4.69) is 0 Å². The number of phenols is 1. The smallest absolute Gasteiger partial charge is 0.221 e. The van der Waals surface area contributed by atoms with Gasteiger partial charge in [-0.1, -0.05) is 24.3 Å². The summed E-state index contributed by atoms with van der Waals surface area (Å²) in [6.07, 6.45) is 3.02. The van der Waals surface area contributed by atoms with Gasteiger partial charge in [-0.25, -0.2) is 0 Å². The Labute approximate surface area is 138 Å². The fourth-order valence-corrected chi connectivity index (χ4v) is 2.37. The number of hydrogen-bond acceptors (Lipinski definition) is 5. The highest BCUT2D eigenvalue weighted by Crippen LogP contribution is 2.37. The minimum atomic E-state index is -0.253. The van der Waals surface area contributed by atoms with Crippen molar-refractivity contribution in [2.75, 3.05) is 14.2 Å². The van der Waals surface area contributed by atoms with Crippen molar-refractivity contribution in [1.82, 2.24) is 0 Å². The minimum Gasteiger partial charge on any atom is -0.502 e. The average Bonchev–Trinajstić information content (AvgIpc) is 3.04. The van der Waals surface area contributed by atoms with Crippen LogP contribution in [-0.2, 0) is 0 Å². The van der Waals surface area contributed by atoms with Crippen LogP contribution in [0, 0.1) is 0 Å². The summed E-state index contributed by atoms with van der Waals surface area (Å²) in [4.78, 5) is 12.3. The second-order valence-electron chi connectivity index (χ2n) is 5.12. The van der Waals surface area contributed by atoms with Gasteiger partial charge in [0.05, 0.1) is 14.2 Å². The second kappa shape index (κ2) is 6.50. The standard InChI is InChI=1S/C19H16O5/c1-22-17-9-12(10-18(23-2)19(17)21)7-8-14(20)16-11-13-5-3-4-6-15(13)24-16/h3-11,21H,1-2H3. The Hall–Kier alpha value is -3.21. The molecule has 0 aliphatic heterocycles. The summed E-state index contributed by atoms with van der Waals surface area (Å²) < 4.78 is 15.7. The molecule has 5 heteroatoms. The quantitative estimate of drug-likeness (QED) is 0.566. The van der Waals surface area contributed by atoms with Gasteiger partial charge in [0.2, 0.25) is 11.5 Å². The number of fused-ring (bicyclic) bond motifs is 1. The maximum atomic E-state index is 12.3. The monoisotopic (exact) mass is 324 g/mol. The zero-order chi connectivity index (χ0) is 17.1. The molecule has 0 aliphatic carbocycles. The van der Waals surface area contributed by atoms with E-state index in [0.717, 1.165) is 5.39 Å². The van der Waals surface area contributed by atoms with Crippen molar-refractivity contribution in [2.45, 2.75) is 0 Å². The molecule has 0 radical (unpaired) electrons. The van der Waals surface area contributed by atoms with E-state index in [1.807, 2.05) is 24.3 Å². The predicted octanol–water partition coefficient (Wildman–Crippen LogP) is 4.05. The number of phenolic OH excluding ortho intramolecular Hbond substituents is 1. The summed E-state index contributed by atoms with van der Waals surface area (Å²) >= 11 is 0. The molecule has 0 atom stereocenters. The Balaban J connectivity index is 1.88. The lowest BCUT2D eigenvalue weighted by Gasteiger charge is -2.09. The molecule has 3 rings (SSSR count). The van der Waals surface area contributed by atoms with Crippen LogP contribution < -0.4 is 9.47 Å². The van der Waals surface area contributed by atoms with Crippen molar-refractivity contribution in [1.29, 1.82) is 0 Å². The van der Waals surface area contributed by atoms with Crippen molar-refractivity contribution < 1.29 is 23.8 Å². The maximum absolute atomic E-state index is 12.3. The number of methoxy groups -OCH3 is 2. The number of para-hydroxylation sites is 1. The number of allylic oxidation sites excluding steroid dienone is 1. The summed E-state index contributed by atoms with van der Waals surface area (Å²) in [6.45, 7) is 0. The van der Waals surface area contributed by atoms with Gasteiger partial charge in [-0.05, 0) is 35.9 Å². The van der Waals surface area contributed by atoms with Crippen molar-refractivity contribution in [3.63, 3.8) is 0 Å². The van der Waals surface area contributed by atoms with Crippen LogP contribution in [0.3, 0.4) is 0 Å². The lowest BCUT2D eigenvalue weighted by Crippen LogP contribution is -1.92. The molecule has 0 spiro atoms. The minimum absolute atomic E-state index is 0.0826. The first-order valence-corrected chi connectivity index (χ1v) is 7.28. The van der Waals surface area contributed by atoms with Crippen LogP contribution >= 0.6 is 0 Å². The average molecular weight is 324 g/mol. The number of aromatic hydroxyl groups is 1. The highest BCUT2D eigenvalue weighted by atomic mass is 16.5. The Morgan fingerprint density at radius 2 is 1.75 bits per heavy atom. The van der Waals surface area contributed by atoms with Crippen molar-refractivity contribution in [2.24, 2.45) is 0 Å². The van der Waals surface area contributed by atoms with Crippen LogP contribution in [0.4, 0.5) is 0 Å². The van der Waals surface area contributed by atoms with Gasteiger partial charge in [-0.15, -0.1) is 0 Å². The van der Waals surface area contributed by atoms with Gasteiger partial charge < -0.3 is 19.0 Å². The number of benzene rings is 2. The molecule has 0 saturated carbocycles. The second-order valence-corrected chi connectivity index (χ2v) is 5.12. The van der Waals surface area contributed by atoms with E-state index < -0.39 is 0 Å². The Morgan fingerprint density at radius 3 is 2.38 bits per heavy atom. The number of hydrogen-bond donors (Lipinski definition) is 1. The van der Waals surface area contributed by atoms with Crippen molar-refractivity contribution >= 4 is 22.8 Å². The van der Waals surface area contributed by atoms with Gasteiger partial charge in [0.25, 0.3) is 0 Å². The predicted molar refractivity (Wildman–Crippen MR) is 90.8 cm³/mol. The van der Waals surface area contributed by atoms with E-state index in [9.17, 15) is 9.90 Å². The van der Waals surface area contributed by atoms with Gasteiger partial charge in [0.1, 0.15) is 5.58 Å². The van der Waals surface area contributed by atoms with Crippen LogP contribution in [0.5, 0.6) is 17.2 Å². The molecule has 0 amide bonds. The molecule has 1 aromatic heterocycles. The highest BCUT2D eigenvalue weighted by molar-refractivity contribution is 6.07. The molecule has 1 heterocycles. The fraction of sp³-hybridized carbons (Fsp3) is 0.105. The van der Waals surface area contributed by atoms with Crippen LogP contribution in [0.15, 0.2) is 53.0 Å². The first kappa shape index (κ1) is 15.7. The third kappa shape index (κ3) is 2.96. The summed E-state index contributed by atoms with van der Waals surface area (Å²) in [5.41, 5.74) is 1.33. The van der Waals surface area contributed by atoms with E-state index in [0.29, 0.717) is 11.1 Å². The van der Waals surface area contributed by atoms with Gasteiger partial charge in [0.15, 0.2) is 17.3 Å². The van der Waals surface area contributed by atoms with E-state index in [4.69, 9.17) is 13.9 Å². The molecule has 2 aromatic carbocycles. The third-order valence-corrected chi connectivity index (χ3v) is 3.60. The van der Waals surface area contributed by atoms with Gasteiger partial charge in [-0.3, -0.25) is 4.79 Å². The molecule has 0 fully saturated rings. The summed E-state index contributed by atoms with van der Waals surface area (Å²) in [5, 5.41) is 10.8. The third-order valence-electron chi connectivity index (χ3n) is 3.60. The van der Waals surface area contributed by atoms with E-state index >= 15 is 0 Å². The molecule has 1 N–H and O–H groups in total. The molecule has 122 valence electrons. The topological polar surface area (TPSA) is 68.9 Å². The van der Waals surface area contributed by atoms with Crippen molar-refractivity contribution in [3.8, 4) is 17.2 Å². The summed E-state index contributed by atoms with van der Waals surface area (Å²) in [6, 6.07) is 12.4. The van der Waals surface area contributed by atoms with Gasteiger partial charge in [-0.2, -0.15) is 0 Å². The van der Waals surface area contributed by atoms with E-state index in [1.54, 1.807) is 24.3 Å². The Bertz CT molecular complexity index is 862. The van der Waals surface area contributed by atoms with Crippen LogP contribution in [0.2, 0.25) is 0 Å². The molecular formula is C19H16O5. The molecule has 3 aromatic rings. The number of carbonyl (C=O) groups excluding carboxylic acids is 1. The fourth-order valence-electron chi connectivity index (χ4n) is 2.37. The Kier molecular flexibility index (Phi) is 4.24. The highest BCUT2D eigenvalue weighted by Gasteiger charge is 2.12. The normalized spacial score (nSPS) is 11.1. The molecule has 0 bridgehead atoms. The van der Waals surface area contributed by atoms with E-state index in [1.165, 1.54) is 20.3 Å². The molecule has 0 saturated heterocycles. The van der Waals surface area contributed by atoms with E-state index in [-0.39, 0.29) is 28.8 Å². The van der Waals surface area contributed by atoms with Gasteiger partial charge in [0, 0.05) is 5.39 Å². The number of carbonyl (C=O) groups is 1. The lowest BCUT2D eigenvalue weighted by atomic mass is 10.1. The number of rotatable bonds is 5.